The summed E-state index contributed by atoms with van der Waals surface area (Å²) in [5.74, 6) is -3.35. The van der Waals surface area contributed by atoms with E-state index in [-0.39, 0.29) is 17.8 Å². The molecule has 254 valence electrons. The lowest BCUT2D eigenvalue weighted by molar-refractivity contribution is -0.213. The lowest BCUT2D eigenvalue weighted by Crippen LogP contribution is -2.66. The number of nitrogens with zero attached hydrogens (tertiary/aromatic N) is 1. The van der Waals surface area contributed by atoms with Crippen LogP contribution in [0.25, 0.3) is 11.0 Å². The molecule has 1 aromatic heterocycles. The number of para-hydroxylation sites is 1. The zero-order valence-corrected chi connectivity index (χ0v) is 27.4. The molecule has 3 heterocycles. The Bertz CT molecular complexity index is 1530. The summed E-state index contributed by atoms with van der Waals surface area (Å²) in [4.78, 5) is 37.7. The van der Waals surface area contributed by atoms with Gasteiger partial charge in [-0.3, -0.25) is 18.9 Å². The Morgan fingerprint density at radius 3 is 2.61 bits per heavy atom. The number of esters is 2. The van der Waals surface area contributed by atoms with Crippen molar-refractivity contribution in [3.05, 3.63) is 42.3 Å². The van der Waals surface area contributed by atoms with E-state index in [1.165, 1.54) is 51.5 Å². The van der Waals surface area contributed by atoms with Crippen molar-refractivity contribution < 1.29 is 60.9 Å². The largest absolute Gasteiger partial charge is 0.469 e. The number of aliphatic hydroxyl groups is 1. The Morgan fingerprint density at radius 1 is 1.24 bits per heavy atom. The van der Waals surface area contributed by atoms with Crippen LogP contribution in [0.15, 0.2) is 41.2 Å². The predicted octanol–water partition coefficient (Wildman–Crippen LogP) is 2.66. The first kappa shape index (κ1) is 35.3. The van der Waals surface area contributed by atoms with Gasteiger partial charge in [0.2, 0.25) is 11.8 Å². The maximum absolute atomic E-state index is 16.1. The van der Waals surface area contributed by atoms with Crippen molar-refractivity contribution in [3.8, 4) is 5.75 Å². The highest BCUT2D eigenvalue weighted by molar-refractivity contribution is 7.52. The molecule has 2 aliphatic rings. The van der Waals surface area contributed by atoms with Crippen LogP contribution in [0.5, 0.6) is 5.75 Å². The molecule has 0 spiro atoms. The zero-order valence-electron chi connectivity index (χ0n) is 26.5. The second-order valence-corrected chi connectivity index (χ2v) is 13.1. The van der Waals surface area contributed by atoms with Crippen LogP contribution in [0.1, 0.15) is 40.2 Å². The second-order valence-electron chi connectivity index (χ2n) is 11.4. The summed E-state index contributed by atoms with van der Waals surface area (Å²) in [5.41, 5.74) is -1.84. The number of alkyl halides is 1. The van der Waals surface area contributed by atoms with Crippen molar-refractivity contribution in [2.24, 2.45) is 0 Å². The van der Waals surface area contributed by atoms with E-state index in [4.69, 9.17) is 32.4 Å². The molecule has 1 aromatic carbocycles. The predicted molar refractivity (Wildman–Crippen MR) is 159 cm³/mol. The molecule has 4 rings (SSSR count). The van der Waals surface area contributed by atoms with Gasteiger partial charge in [-0.25, -0.2) is 8.96 Å². The minimum atomic E-state index is -4.56. The summed E-state index contributed by atoms with van der Waals surface area (Å²) in [7, 11) is -2.01. The molecule has 7 atom stereocenters. The maximum Gasteiger partial charge on any atom is 0.459 e. The van der Waals surface area contributed by atoms with Crippen molar-refractivity contribution in [1.29, 1.82) is 0 Å². The summed E-state index contributed by atoms with van der Waals surface area (Å²) in [6.45, 7) is 6.56. The highest BCUT2D eigenvalue weighted by Gasteiger charge is 2.59. The topological polar surface area (TPSA) is 184 Å². The molecule has 3 N–H and O–H groups in total. The van der Waals surface area contributed by atoms with Gasteiger partial charge in [0, 0.05) is 37.3 Å². The molecule has 0 radical (unpaired) electrons. The number of hydrogen-bond donors (Lipinski definition) is 3. The van der Waals surface area contributed by atoms with E-state index in [0.29, 0.717) is 10.9 Å². The number of methoxy groups -OCH3 is 2. The molecule has 2 unspecified atom stereocenters. The normalized spacial score (nSPS) is 28.2. The van der Waals surface area contributed by atoms with E-state index >= 15 is 4.39 Å². The minimum absolute atomic E-state index is 0.0694. The van der Waals surface area contributed by atoms with Crippen molar-refractivity contribution in [3.63, 3.8) is 0 Å². The molecule has 17 heteroatoms. The number of nitrogens with one attached hydrogen (secondary N) is 2. The molecule has 0 aliphatic carbocycles. The van der Waals surface area contributed by atoms with E-state index in [0.717, 1.165) is 13.0 Å². The minimum Gasteiger partial charge on any atom is -0.469 e. The number of furan rings is 1. The van der Waals surface area contributed by atoms with Gasteiger partial charge >= 0.3 is 19.7 Å². The second kappa shape index (κ2) is 13.7. The van der Waals surface area contributed by atoms with E-state index < -0.39 is 74.3 Å². The van der Waals surface area contributed by atoms with Crippen LogP contribution in [0, 0.1) is 0 Å². The lowest BCUT2D eigenvalue weighted by Gasteiger charge is -2.46. The Labute approximate surface area is 264 Å². The molecule has 0 bridgehead atoms. The van der Waals surface area contributed by atoms with Gasteiger partial charge in [0.15, 0.2) is 23.2 Å². The van der Waals surface area contributed by atoms with Gasteiger partial charge in [-0.2, -0.15) is 5.09 Å². The van der Waals surface area contributed by atoms with Crippen LogP contribution in [-0.2, 0) is 48.8 Å². The van der Waals surface area contributed by atoms with Gasteiger partial charge in [-0.05, 0) is 33.8 Å². The maximum atomic E-state index is 16.1. The molecule has 1 saturated heterocycles. The number of carbonyl (C=O) groups is 3. The van der Waals surface area contributed by atoms with Crippen LogP contribution in [0.2, 0.25) is 0 Å². The Balaban J connectivity index is 1.61. The Hall–Kier alpha value is -3.53. The van der Waals surface area contributed by atoms with E-state index in [2.05, 4.69) is 10.4 Å². The number of halogens is 1. The molecular formula is C29H39FN3O12P. The third kappa shape index (κ3) is 7.37. The highest BCUT2D eigenvalue weighted by atomic mass is 31.2. The van der Waals surface area contributed by atoms with E-state index in [1.54, 1.807) is 26.0 Å². The first-order valence-electron chi connectivity index (χ1n) is 14.4. The molecule has 2 aliphatic heterocycles. The fourth-order valence-electron chi connectivity index (χ4n) is 4.97. The SMILES string of the molecule is COC(=O)Cc1coc2c(OP(=O)(N[C@@H](C)C(=O)OC(C)C)OC[C@H]3O[C@@H](N4C=CC(=O)NC4(C)OC)[C@](C)(F)[C@@H]3O)cccc12. The summed E-state index contributed by atoms with van der Waals surface area (Å²) in [6.07, 6.45) is -1.54. The van der Waals surface area contributed by atoms with Gasteiger partial charge in [0.25, 0.3) is 0 Å². The molecule has 46 heavy (non-hydrogen) atoms. The summed E-state index contributed by atoms with van der Waals surface area (Å²) in [6, 6.07) is 3.44. The van der Waals surface area contributed by atoms with Gasteiger partial charge < -0.3 is 43.2 Å². The molecule has 2 aromatic rings. The number of fused-ring (bicyclic) bond motifs is 1. The lowest BCUT2D eigenvalue weighted by atomic mass is 9.97. The van der Waals surface area contributed by atoms with Crippen molar-refractivity contribution >= 4 is 36.6 Å². The summed E-state index contributed by atoms with van der Waals surface area (Å²) >= 11 is 0. The molecule has 1 fully saturated rings. The van der Waals surface area contributed by atoms with Crippen molar-refractivity contribution in [1.82, 2.24) is 15.3 Å². The third-order valence-electron chi connectivity index (χ3n) is 7.49. The quantitative estimate of drug-likeness (QED) is 0.209. The molecule has 15 nitrogen and oxygen atoms in total. The van der Waals surface area contributed by atoms with E-state index in [1.807, 2.05) is 0 Å². The monoisotopic (exact) mass is 671 g/mol. The van der Waals surface area contributed by atoms with Crippen LogP contribution in [0.3, 0.4) is 0 Å². The third-order valence-corrected chi connectivity index (χ3v) is 9.12. The Kier molecular flexibility index (Phi) is 10.5. The molecule has 1 amide bonds. The fourth-order valence-corrected chi connectivity index (χ4v) is 6.48. The van der Waals surface area contributed by atoms with Gasteiger partial charge in [-0.15, -0.1) is 0 Å². The fraction of sp³-hybridized carbons (Fsp3) is 0.552. The average molecular weight is 672 g/mol. The highest BCUT2D eigenvalue weighted by Crippen LogP contribution is 2.49. The Morgan fingerprint density at radius 2 is 1.96 bits per heavy atom. The first-order chi connectivity index (χ1) is 21.5. The number of rotatable bonds is 13. The van der Waals surface area contributed by atoms with E-state index in [9.17, 15) is 24.1 Å². The number of hydrogen-bond acceptors (Lipinski definition) is 13. The van der Waals surface area contributed by atoms with Crippen LogP contribution in [0.4, 0.5) is 4.39 Å². The standard InChI is InChI=1S/C29H39FN3O12P/c1-16(2)43-26(37)17(3)32-46(38,45-20-10-8-9-19-18(13-23(35)39-6)14-41-24(19)20)42-15-21-25(36)28(4,30)27(44-21)33-12-11-22(34)31-29(33,5)40-7/h8-12,14,16-17,21,25,27,36H,13,15H2,1-7H3,(H,31,34)(H,32,38)/t17-,21+,25+,27+,28+,29?,46?/m0/s1. The first-order valence-corrected chi connectivity index (χ1v) is 15.9. The van der Waals surface area contributed by atoms with Crippen LogP contribution < -0.4 is 14.9 Å². The summed E-state index contributed by atoms with van der Waals surface area (Å²) < 4.78 is 68.7. The van der Waals surface area contributed by atoms with Crippen molar-refractivity contribution in [2.75, 3.05) is 20.8 Å². The number of aliphatic hydroxyl groups excluding tert-OH is 1. The number of amides is 1. The number of carbonyl (C=O) groups excluding carboxylic acids is 3. The smallest absolute Gasteiger partial charge is 0.459 e. The summed E-state index contributed by atoms with van der Waals surface area (Å²) in [5, 5.41) is 16.5. The van der Waals surface area contributed by atoms with Gasteiger partial charge in [-0.1, -0.05) is 12.1 Å². The van der Waals surface area contributed by atoms with Gasteiger partial charge in [0.1, 0.15) is 18.2 Å². The molecule has 0 saturated carbocycles. The number of ether oxygens (including phenoxy) is 4. The van der Waals surface area contributed by atoms with Crippen LogP contribution >= 0.6 is 7.75 Å². The molecular weight excluding hydrogens is 632 g/mol. The van der Waals surface area contributed by atoms with Gasteiger partial charge in [0.05, 0.1) is 32.5 Å². The van der Waals surface area contributed by atoms with Crippen molar-refractivity contribution in [2.45, 2.75) is 83.1 Å². The van der Waals surface area contributed by atoms with Crippen LogP contribution in [-0.4, -0.2) is 90.8 Å². The average Bonchev–Trinajstić information content (AvgIpc) is 3.49. The number of benzene rings is 1. The zero-order chi connectivity index (χ0) is 34.0.